The maximum atomic E-state index is 12.5. The van der Waals surface area contributed by atoms with Crippen LogP contribution in [0, 0.1) is 31.6 Å². The summed E-state index contributed by atoms with van der Waals surface area (Å²) in [6.45, 7) is 10.4. The van der Waals surface area contributed by atoms with Crippen LogP contribution < -0.4 is 4.74 Å². The summed E-state index contributed by atoms with van der Waals surface area (Å²) in [6, 6.07) is 4.09. The normalized spacial score (nSPS) is 15.2. The monoisotopic (exact) mass is 385 g/mol. The van der Waals surface area contributed by atoms with E-state index < -0.39 is 29.1 Å². The van der Waals surface area contributed by atoms with Crippen LogP contribution in [-0.2, 0) is 14.3 Å². The number of carbonyl (C=O) groups excluding carboxylic acids is 3. The third-order valence-electron chi connectivity index (χ3n) is 3.28. The van der Waals surface area contributed by atoms with E-state index in [9.17, 15) is 14.4 Å². The van der Waals surface area contributed by atoms with Gasteiger partial charge in [-0.15, -0.1) is 0 Å². The van der Waals surface area contributed by atoms with Crippen LogP contribution in [0.2, 0.25) is 0 Å². The first-order chi connectivity index (χ1) is 12.8. The van der Waals surface area contributed by atoms with Gasteiger partial charge >= 0.3 is 17.9 Å². The molecule has 0 saturated heterocycles. The third-order valence-corrected chi connectivity index (χ3v) is 3.28. The fourth-order valence-electron chi connectivity index (χ4n) is 2.24. The Hall–Kier alpha value is -2.37. The zero-order valence-electron chi connectivity index (χ0n) is 17.0. The predicted octanol–water partition coefficient (Wildman–Crippen LogP) is 3.91. The molecule has 1 aliphatic rings. The van der Waals surface area contributed by atoms with E-state index in [0.29, 0.717) is 5.92 Å². The van der Waals surface area contributed by atoms with E-state index in [2.05, 4.69) is 0 Å². The Morgan fingerprint density at radius 2 is 1.11 bits per heavy atom. The molecule has 0 aromatic heterocycles. The van der Waals surface area contributed by atoms with Gasteiger partial charge in [-0.2, -0.15) is 0 Å². The highest BCUT2D eigenvalue weighted by molar-refractivity contribution is 5.97. The molecule has 0 spiro atoms. The summed E-state index contributed by atoms with van der Waals surface area (Å²) in [5.74, 6) is -1.45. The number of hydrogen-bond donors (Lipinski definition) is 0. The van der Waals surface area contributed by atoms with E-state index in [1.807, 2.05) is 0 Å². The van der Waals surface area contributed by atoms with Crippen LogP contribution in [0.15, 0.2) is 18.2 Å². The fraction of sp³-hybridized carbons (Fsp3) is 0.364. The van der Waals surface area contributed by atoms with Crippen molar-refractivity contribution in [1.29, 1.82) is 0 Å². The summed E-state index contributed by atoms with van der Waals surface area (Å²) < 4.78 is 16.1. The molecular formula is C22H25O6. The van der Waals surface area contributed by atoms with Crippen molar-refractivity contribution in [1.82, 2.24) is 0 Å². The topological polar surface area (TPSA) is 78.9 Å². The number of carbonyl (C=O) groups is 3. The molecule has 5 radical (unpaired) electrons. The third kappa shape index (κ3) is 6.66. The molecule has 0 aliphatic heterocycles. The van der Waals surface area contributed by atoms with Crippen LogP contribution in [0.3, 0.4) is 0 Å². The quantitative estimate of drug-likeness (QED) is 0.578. The number of benzene rings is 1. The van der Waals surface area contributed by atoms with Gasteiger partial charge in [-0.3, -0.25) is 4.79 Å². The van der Waals surface area contributed by atoms with Gasteiger partial charge in [-0.1, -0.05) is 0 Å². The SMILES string of the molecule is CC(C)(C)OC(=O)c1cc(OC(=O)[C]2[CH][CH][CH][CH]2)cc(C(=O)OC(C)(C)C)c1. The molecule has 0 bridgehead atoms. The van der Waals surface area contributed by atoms with Crippen LogP contribution >= 0.6 is 0 Å². The van der Waals surface area contributed by atoms with Gasteiger partial charge in [0, 0.05) is 0 Å². The Labute approximate surface area is 166 Å². The van der Waals surface area contributed by atoms with E-state index >= 15 is 0 Å². The van der Waals surface area contributed by atoms with Gasteiger partial charge in [0.15, 0.2) is 0 Å². The highest BCUT2D eigenvalue weighted by Gasteiger charge is 2.28. The fourth-order valence-corrected chi connectivity index (χ4v) is 2.24. The Balaban J connectivity index is 2.32. The summed E-state index contributed by atoms with van der Waals surface area (Å²) in [6.07, 6.45) is 6.63. The minimum absolute atomic E-state index is 0.0513. The molecular weight excluding hydrogens is 360 g/mol. The summed E-state index contributed by atoms with van der Waals surface area (Å²) in [7, 11) is 0. The smallest absolute Gasteiger partial charge is 0.338 e. The molecule has 6 nitrogen and oxygen atoms in total. The highest BCUT2D eigenvalue weighted by atomic mass is 16.6. The molecule has 1 aromatic rings. The van der Waals surface area contributed by atoms with Crippen LogP contribution in [-0.4, -0.2) is 29.1 Å². The van der Waals surface area contributed by atoms with Crippen molar-refractivity contribution in [2.45, 2.75) is 52.7 Å². The first-order valence-electron chi connectivity index (χ1n) is 8.90. The number of rotatable bonds is 4. The highest BCUT2D eigenvalue weighted by Crippen LogP contribution is 2.27. The van der Waals surface area contributed by atoms with Crippen molar-refractivity contribution in [3.63, 3.8) is 0 Å². The summed E-state index contributed by atoms with van der Waals surface area (Å²) in [5, 5.41) is 0. The second-order valence-corrected chi connectivity index (χ2v) is 8.31. The Morgan fingerprint density at radius 1 is 0.679 bits per heavy atom. The van der Waals surface area contributed by atoms with E-state index in [1.165, 1.54) is 18.2 Å². The molecule has 1 aliphatic carbocycles. The maximum absolute atomic E-state index is 12.5. The van der Waals surface area contributed by atoms with Crippen LogP contribution in [0.1, 0.15) is 62.3 Å². The Kier molecular flexibility index (Phi) is 6.52. The number of hydrogen-bond acceptors (Lipinski definition) is 6. The van der Waals surface area contributed by atoms with Crippen LogP contribution in [0.25, 0.3) is 0 Å². The minimum Gasteiger partial charge on any atom is -0.456 e. The largest absolute Gasteiger partial charge is 0.456 e. The molecule has 0 atom stereocenters. The molecule has 0 unspecified atom stereocenters. The van der Waals surface area contributed by atoms with Gasteiger partial charge in [0.25, 0.3) is 0 Å². The van der Waals surface area contributed by atoms with Crippen LogP contribution in [0.4, 0.5) is 0 Å². The lowest BCUT2D eigenvalue weighted by atomic mass is 10.1. The molecule has 6 heteroatoms. The Morgan fingerprint density at radius 3 is 1.50 bits per heavy atom. The zero-order valence-corrected chi connectivity index (χ0v) is 17.0. The van der Waals surface area contributed by atoms with Gasteiger partial charge in [-0.05, 0) is 85.4 Å². The first-order valence-corrected chi connectivity index (χ1v) is 8.90. The molecule has 149 valence electrons. The summed E-state index contributed by atoms with van der Waals surface area (Å²) in [5.41, 5.74) is -1.26. The van der Waals surface area contributed by atoms with Gasteiger partial charge < -0.3 is 14.2 Å². The van der Waals surface area contributed by atoms with Gasteiger partial charge in [0.1, 0.15) is 17.0 Å². The predicted molar refractivity (Wildman–Crippen MR) is 103 cm³/mol. The van der Waals surface area contributed by atoms with Gasteiger partial charge in [0.2, 0.25) is 0 Å². The number of esters is 3. The van der Waals surface area contributed by atoms with E-state index in [1.54, 1.807) is 67.2 Å². The maximum Gasteiger partial charge on any atom is 0.338 e. The molecule has 1 fully saturated rings. The molecule has 2 rings (SSSR count). The number of ether oxygens (including phenoxy) is 3. The average Bonchev–Trinajstić information content (AvgIpc) is 3.05. The lowest BCUT2D eigenvalue weighted by Gasteiger charge is -2.21. The van der Waals surface area contributed by atoms with E-state index in [0.717, 1.165) is 0 Å². The van der Waals surface area contributed by atoms with Crippen molar-refractivity contribution in [2.24, 2.45) is 0 Å². The lowest BCUT2D eigenvalue weighted by Crippen LogP contribution is -2.25. The van der Waals surface area contributed by atoms with Crippen molar-refractivity contribution in [3.8, 4) is 5.75 Å². The molecule has 0 N–H and O–H groups in total. The standard InChI is InChI=1S/C22H25O6/c1-21(2,3)27-19(24)15-11-16(20(25)28-22(4,5)6)13-17(12-15)26-18(23)14-9-7-8-10-14/h7-13H,1-6H3. The van der Waals surface area contributed by atoms with Crippen molar-refractivity contribution in [3.05, 3.63) is 60.9 Å². The van der Waals surface area contributed by atoms with Crippen molar-refractivity contribution in [2.75, 3.05) is 0 Å². The van der Waals surface area contributed by atoms with Gasteiger partial charge in [-0.25, -0.2) is 9.59 Å². The van der Waals surface area contributed by atoms with Crippen LogP contribution in [0.5, 0.6) is 5.75 Å². The lowest BCUT2D eigenvalue weighted by molar-refractivity contribution is -0.131. The van der Waals surface area contributed by atoms with E-state index in [4.69, 9.17) is 14.2 Å². The zero-order chi connectivity index (χ0) is 21.1. The minimum atomic E-state index is -0.717. The first kappa shape index (κ1) is 21.9. The summed E-state index contributed by atoms with van der Waals surface area (Å²) in [4.78, 5) is 37.2. The molecule has 28 heavy (non-hydrogen) atoms. The molecule has 0 heterocycles. The van der Waals surface area contributed by atoms with Gasteiger partial charge in [0.05, 0.1) is 17.0 Å². The van der Waals surface area contributed by atoms with Crippen molar-refractivity contribution < 1.29 is 28.6 Å². The van der Waals surface area contributed by atoms with E-state index in [-0.39, 0.29) is 16.9 Å². The molecule has 1 aromatic carbocycles. The molecule has 1 saturated carbocycles. The second-order valence-electron chi connectivity index (χ2n) is 8.31. The molecule has 0 amide bonds. The average molecular weight is 385 g/mol. The Bertz CT molecular complexity index is 699. The second kappa shape index (κ2) is 8.33. The van der Waals surface area contributed by atoms with Crippen molar-refractivity contribution >= 4 is 17.9 Å². The summed E-state index contributed by atoms with van der Waals surface area (Å²) >= 11 is 0.